The van der Waals surface area contributed by atoms with Crippen molar-refractivity contribution < 1.29 is 19.4 Å². The molecule has 1 heterocycles. The maximum atomic E-state index is 11.8. The number of ether oxygens (including phenoxy) is 1. The zero-order valence-electron chi connectivity index (χ0n) is 12.8. The molecule has 1 aromatic carbocycles. The lowest BCUT2D eigenvalue weighted by molar-refractivity contribution is -0.141. The van der Waals surface area contributed by atoms with Crippen LogP contribution in [0.1, 0.15) is 24.8 Å². The lowest BCUT2D eigenvalue weighted by Crippen LogP contribution is -2.17. The van der Waals surface area contributed by atoms with E-state index in [-0.39, 0.29) is 24.3 Å². The van der Waals surface area contributed by atoms with Gasteiger partial charge in [-0.3, -0.25) is 4.79 Å². The van der Waals surface area contributed by atoms with Crippen LogP contribution in [0.25, 0.3) is 6.08 Å². The predicted octanol–water partition coefficient (Wildman–Crippen LogP) is 2.84. The van der Waals surface area contributed by atoms with Crippen LogP contribution in [-0.4, -0.2) is 29.1 Å². The van der Waals surface area contributed by atoms with E-state index in [1.54, 1.807) is 24.3 Å². The molecule has 0 saturated carbocycles. The summed E-state index contributed by atoms with van der Waals surface area (Å²) < 4.78 is 5.06. The third kappa shape index (κ3) is 6.45. The molecule has 0 aromatic heterocycles. The van der Waals surface area contributed by atoms with Crippen molar-refractivity contribution >= 4 is 17.8 Å². The molecule has 1 aromatic rings. The smallest absolute Gasteiger partial charge is 0.331 e. The summed E-state index contributed by atoms with van der Waals surface area (Å²) in [5.74, 6) is -0.477. The van der Waals surface area contributed by atoms with Gasteiger partial charge in [-0.1, -0.05) is 48.6 Å². The number of hydrogen-bond acceptors (Lipinski definition) is 4. The molecular formula is C19H20O4. The van der Waals surface area contributed by atoms with Crippen LogP contribution in [0.4, 0.5) is 0 Å². The van der Waals surface area contributed by atoms with Gasteiger partial charge >= 0.3 is 5.97 Å². The first-order chi connectivity index (χ1) is 11.1. The number of carbonyl (C=O) groups is 2. The molecule has 120 valence electrons. The first-order valence-electron chi connectivity index (χ1n) is 7.61. The second kappa shape index (κ2) is 8.86. The summed E-state index contributed by atoms with van der Waals surface area (Å²) in [6.07, 6.45) is 9.89. The highest BCUT2D eigenvalue weighted by Crippen LogP contribution is 2.10. The molecule has 1 aliphatic heterocycles. The van der Waals surface area contributed by atoms with Crippen LogP contribution in [0.15, 0.2) is 60.7 Å². The molecule has 0 bridgehead atoms. The number of aliphatic hydroxyl groups excluding tert-OH is 1. The number of cyclic esters (lactones) is 1. The first-order valence-corrected chi connectivity index (χ1v) is 7.61. The molecule has 2 atom stereocenters. The normalized spacial score (nSPS) is 19.2. The van der Waals surface area contributed by atoms with Gasteiger partial charge in [-0.05, 0) is 24.1 Å². The van der Waals surface area contributed by atoms with Crippen molar-refractivity contribution in [1.29, 1.82) is 0 Å². The minimum atomic E-state index is -0.742. The minimum Gasteiger partial charge on any atom is -0.455 e. The van der Waals surface area contributed by atoms with Gasteiger partial charge in [-0.2, -0.15) is 0 Å². The van der Waals surface area contributed by atoms with E-state index in [4.69, 9.17) is 4.74 Å². The number of ketones is 1. The molecule has 1 N–H and O–H groups in total. The molecular weight excluding hydrogens is 292 g/mol. The van der Waals surface area contributed by atoms with E-state index in [0.29, 0.717) is 12.8 Å². The number of benzene rings is 1. The predicted molar refractivity (Wildman–Crippen MR) is 88.5 cm³/mol. The Balaban J connectivity index is 1.72. The van der Waals surface area contributed by atoms with E-state index in [0.717, 1.165) is 5.56 Å². The van der Waals surface area contributed by atoms with Crippen LogP contribution in [0.2, 0.25) is 0 Å². The molecule has 2 rings (SSSR count). The molecule has 4 nitrogen and oxygen atoms in total. The van der Waals surface area contributed by atoms with Crippen LogP contribution < -0.4 is 0 Å². The third-order valence-corrected chi connectivity index (χ3v) is 3.35. The van der Waals surface area contributed by atoms with Crippen molar-refractivity contribution in [2.45, 2.75) is 31.5 Å². The zero-order chi connectivity index (χ0) is 16.5. The van der Waals surface area contributed by atoms with E-state index in [9.17, 15) is 14.7 Å². The Kier molecular flexibility index (Phi) is 6.51. The summed E-state index contributed by atoms with van der Waals surface area (Å²) in [7, 11) is 0. The van der Waals surface area contributed by atoms with Crippen LogP contribution in [0.5, 0.6) is 0 Å². The van der Waals surface area contributed by atoms with Crippen LogP contribution in [0.3, 0.4) is 0 Å². The standard InChI is InChI=1S/C19H20O4/c20-16(8-4-9-18-10-5-11-19(22)23-18)14-17(21)13-12-15-6-2-1-3-7-15/h1-7,9,11-13,16,18,20H,8,10,14H2. The van der Waals surface area contributed by atoms with Crippen molar-refractivity contribution in [1.82, 2.24) is 0 Å². The first kappa shape index (κ1) is 16.9. The quantitative estimate of drug-likeness (QED) is 0.478. The summed E-state index contributed by atoms with van der Waals surface area (Å²) in [6, 6.07) is 9.52. The van der Waals surface area contributed by atoms with Crippen molar-refractivity contribution in [3.8, 4) is 0 Å². The van der Waals surface area contributed by atoms with Crippen LogP contribution >= 0.6 is 0 Å². The monoisotopic (exact) mass is 312 g/mol. The molecule has 0 aliphatic carbocycles. The Morgan fingerprint density at radius 1 is 1.35 bits per heavy atom. The summed E-state index contributed by atoms with van der Waals surface area (Å²) >= 11 is 0. The van der Waals surface area contributed by atoms with Gasteiger partial charge in [-0.25, -0.2) is 4.79 Å². The van der Waals surface area contributed by atoms with Gasteiger partial charge in [0.1, 0.15) is 6.10 Å². The van der Waals surface area contributed by atoms with Crippen LogP contribution in [0, 0.1) is 0 Å². The summed E-state index contributed by atoms with van der Waals surface area (Å²) in [6.45, 7) is 0. The molecule has 23 heavy (non-hydrogen) atoms. The van der Waals surface area contributed by atoms with Gasteiger partial charge in [0.15, 0.2) is 5.78 Å². The SMILES string of the molecule is O=C(C=Cc1ccccc1)CC(O)CC=CC1CC=CC(=O)O1. The topological polar surface area (TPSA) is 63.6 Å². The van der Waals surface area contributed by atoms with Gasteiger partial charge in [0, 0.05) is 18.9 Å². The van der Waals surface area contributed by atoms with Gasteiger partial charge in [0.2, 0.25) is 0 Å². The number of esters is 1. The summed E-state index contributed by atoms with van der Waals surface area (Å²) in [4.78, 5) is 22.8. The second-order valence-corrected chi connectivity index (χ2v) is 5.35. The van der Waals surface area contributed by atoms with E-state index >= 15 is 0 Å². The van der Waals surface area contributed by atoms with E-state index < -0.39 is 6.10 Å². The van der Waals surface area contributed by atoms with Gasteiger partial charge in [0.25, 0.3) is 0 Å². The van der Waals surface area contributed by atoms with Gasteiger partial charge in [0.05, 0.1) is 6.10 Å². The van der Waals surface area contributed by atoms with E-state index in [1.165, 1.54) is 12.2 Å². The Hall–Kier alpha value is -2.46. The molecule has 0 fully saturated rings. The molecule has 0 radical (unpaired) electrons. The highest BCUT2D eigenvalue weighted by Gasteiger charge is 2.13. The largest absolute Gasteiger partial charge is 0.455 e. The Labute approximate surface area is 135 Å². The number of rotatable bonds is 7. The number of aliphatic hydroxyl groups is 1. The summed E-state index contributed by atoms with van der Waals surface area (Å²) in [5, 5.41) is 9.87. The van der Waals surface area contributed by atoms with Crippen LogP contribution in [-0.2, 0) is 14.3 Å². The fourth-order valence-electron chi connectivity index (χ4n) is 2.18. The third-order valence-electron chi connectivity index (χ3n) is 3.35. The van der Waals surface area contributed by atoms with E-state index in [1.807, 2.05) is 30.3 Å². The maximum Gasteiger partial charge on any atom is 0.331 e. The molecule has 1 aliphatic rings. The van der Waals surface area contributed by atoms with Gasteiger partial charge in [-0.15, -0.1) is 0 Å². The highest BCUT2D eigenvalue weighted by molar-refractivity contribution is 5.93. The zero-order valence-corrected chi connectivity index (χ0v) is 12.8. The van der Waals surface area contributed by atoms with Crippen molar-refractivity contribution in [3.05, 3.63) is 66.3 Å². The fraction of sp³-hybridized carbons (Fsp3) is 0.263. The molecule has 0 spiro atoms. The molecule has 4 heteroatoms. The Morgan fingerprint density at radius 3 is 2.87 bits per heavy atom. The average Bonchev–Trinajstić information content (AvgIpc) is 2.54. The number of carbonyl (C=O) groups excluding carboxylic acids is 2. The minimum absolute atomic E-state index is 0.0675. The van der Waals surface area contributed by atoms with Crippen molar-refractivity contribution in [3.63, 3.8) is 0 Å². The Bertz CT molecular complexity index is 614. The van der Waals surface area contributed by atoms with Gasteiger partial charge < -0.3 is 9.84 Å². The Morgan fingerprint density at radius 2 is 2.13 bits per heavy atom. The second-order valence-electron chi connectivity index (χ2n) is 5.35. The van der Waals surface area contributed by atoms with Crippen molar-refractivity contribution in [2.75, 3.05) is 0 Å². The number of allylic oxidation sites excluding steroid dienone is 1. The summed E-state index contributed by atoms with van der Waals surface area (Å²) in [5.41, 5.74) is 0.947. The fourth-order valence-corrected chi connectivity index (χ4v) is 2.18. The molecule has 2 unspecified atom stereocenters. The number of hydrogen-bond donors (Lipinski definition) is 1. The maximum absolute atomic E-state index is 11.8. The van der Waals surface area contributed by atoms with E-state index in [2.05, 4.69) is 0 Å². The lowest BCUT2D eigenvalue weighted by Gasteiger charge is -2.14. The molecule has 0 saturated heterocycles. The average molecular weight is 312 g/mol. The molecule has 0 amide bonds. The lowest BCUT2D eigenvalue weighted by atomic mass is 10.1. The highest BCUT2D eigenvalue weighted by atomic mass is 16.5. The van der Waals surface area contributed by atoms with Crippen molar-refractivity contribution in [2.24, 2.45) is 0 Å².